The number of hydrogen-bond acceptors (Lipinski definition) is 3. The lowest BCUT2D eigenvalue weighted by atomic mass is 10.0. The highest BCUT2D eigenvalue weighted by Crippen LogP contribution is 2.43. The summed E-state index contributed by atoms with van der Waals surface area (Å²) in [5.41, 5.74) is 2.30. The van der Waals surface area contributed by atoms with Crippen molar-refractivity contribution in [1.82, 2.24) is 9.80 Å². The SMILES string of the molecule is CN1CCN(C(=O)C2CC2C(=O)N2CCCc3ccccc32)CC1. The summed E-state index contributed by atoms with van der Waals surface area (Å²) in [6.07, 6.45) is 2.77. The molecular formula is C19H25N3O2. The Kier molecular flexibility index (Phi) is 4.04. The second-order valence-corrected chi connectivity index (χ2v) is 7.30. The molecule has 3 aliphatic rings. The normalized spacial score (nSPS) is 26.9. The minimum Gasteiger partial charge on any atom is -0.340 e. The van der Waals surface area contributed by atoms with Crippen LogP contribution < -0.4 is 4.90 Å². The standard InChI is InChI=1S/C19H25N3O2/c1-20-9-11-21(12-10-20)18(23)15-13-16(15)19(24)22-8-4-6-14-5-2-3-7-17(14)22/h2-3,5,7,15-16H,4,6,8-13H2,1H3. The summed E-state index contributed by atoms with van der Waals surface area (Å²) < 4.78 is 0. The number of piperazine rings is 1. The average Bonchev–Trinajstić information content (AvgIpc) is 3.41. The van der Waals surface area contributed by atoms with Crippen LogP contribution >= 0.6 is 0 Å². The van der Waals surface area contributed by atoms with E-state index in [2.05, 4.69) is 18.0 Å². The number of rotatable bonds is 2. The first-order valence-corrected chi connectivity index (χ1v) is 9.02. The minimum atomic E-state index is -0.108. The third-order valence-corrected chi connectivity index (χ3v) is 5.62. The molecule has 5 nitrogen and oxygen atoms in total. The van der Waals surface area contributed by atoms with Gasteiger partial charge in [-0.25, -0.2) is 0 Å². The van der Waals surface area contributed by atoms with Gasteiger partial charge in [0, 0.05) is 38.4 Å². The monoisotopic (exact) mass is 327 g/mol. The number of benzene rings is 1. The van der Waals surface area contributed by atoms with Crippen LogP contribution in [0.25, 0.3) is 0 Å². The van der Waals surface area contributed by atoms with Crippen molar-refractivity contribution in [3.05, 3.63) is 29.8 Å². The van der Waals surface area contributed by atoms with Crippen molar-refractivity contribution in [2.75, 3.05) is 44.7 Å². The van der Waals surface area contributed by atoms with Crippen molar-refractivity contribution < 1.29 is 9.59 Å². The molecule has 2 atom stereocenters. The molecule has 0 spiro atoms. The van der Waals surface area contributed by atoms with E-state index in [-0.39, 0.29) is 23.7 Å². The smallest absolute Gasteiger partial charge is 0.230 e. The predicted octanol–water partition coefficient (Wildman–Crippen LogP) is 1.38. The number of aryl methyl sites for hydroxylation is 1. The molecule has 0 N–H and O–H groups in total. The molecule has 2 unspecified atom stereocenters. The van der Waals surface area contributed by atoms with Crippen molar-refractivity contribution in [3.63, 3.8) is 0 Å². The van der Waals surface area contributed by atoms with Gasteiger partial charge in [0.2, 0.25) is 11.8 Å². The Morgan fingerprint density at radius 3 is 2.46 bits per heavy atom. The molecule has 0 radical (unpaired) electrons. The van der Waals surface area contributed by atoms with E-state index < -0.39 is 0 Å². The molecule has 2 aliphatic heterocycles. The van der Waals surface area contributed by atoms with Gasteiger partial charge in [-0.05, 0) is 37.9 Å². The van der Waals surface area contributed by atoms with E-state index in [1.54, 1.807) is 0 Å². The van der Waals surface area contributed by atoms with Gasteiger partial charge in [-0.2, -0.15) is 0 Å². The fourth-order valence-corrected chi connectivity index (χ4v) is 3.96. The average molecular weight is 327 g/mol. The molecule has 1 aromatic carbocycles. The Morgan fingerprint density at radius 2 is 1.67 bits per heavy atom. The van der Waals surface area contributed by atoms with Crippen LogP contribution in [0.5, 0.6) is 0 Å². The number of para-hydroxylation sites is 1. The molecule has 1 saturated heterocycles. The highest BCUT2D eigenvalue weighted by atomic mass is 16.2. The Hall–Kier alpha value is -1.88. The first kappa shape index (κ1) is 15.6. The number of hydrogen-bond donors (Lipinski definition) is 0. The Balaban J connectivity index is 1.42. The molecule has 2 amide bonds. The zero-order valence-corrected chi connectivity index (χ0v) is 14.3. The number of nitrogens with zero attached hydrogens (tertiary/aromatic N) is 3. The third-order valence-electron chi connectivity index (χ3n) is 5.62. The third kappa shape index (κ3) is 2.81. The highest BCUT2D eigenvalue weighted by Gasteiger charge is 2.51. The van der Waals surface area contributed by atoms with E-state index >= 15 is 0 Å². The fourth-order valence-electron chi connectivity index (χ4n) is 3.96. The largest absolute Gasteiger partial charge is 0.340 e. The summed E-state index contributed by atoms with van der Waals surface area (Å²) in [6, 6.07) is 8.16. The molecule has 24 heavy (non-hydrogen) atoms. The topological polar surface area (TPSA) is 43.9 Å². The number of carbonyl (C=O) groups is 2. The van der Waals surface area contributed by atoms with Crippen LogP contribution in [0.3, 0.4) is 0 Å². The molecule has 1 saturated carbocycles. The van der Waals surface area contributed by atoms with Crippen LogP contribution in [-0.2, 0) is 16.0 Å². The zero-order chi connectivity index (χ0) is 16.7. The minimum absolute atomic E-state index is 0.0880. The van der Waals surface area contributed by atoms with Crippen molar-refractivity contribution >= 4 is 17.5 Å². The van der Waals surface area contributed by atoms with Gasteiger partial charge in [0.25, 0.3) is 0 Å². The van der Waals surface area contributed by atoms with Gasteiger partial charge >= 0.3 is 0 Å². The Bertz CT molecular complexity index is 652. The second kappa shape index (κ2) is 6.20. The van der Waals surface area contributed by atoms with Gasteiger partial charge in [0.1, 0.15) is 0 Å². The van der Waals surface area contributed by atoms with Crippen molar-refractivity contribution in [2.24, 2.45) is 11.8 Å². The van der Waals surface area contributed by atoms with Crippen molar-refractivity contribution in [1.29, 1.82) is 0 Å². The summed E-state index contributed by atoms with van der Waals surface area (Å²) in [6.45, 7) is 4.22. The maximum atomic E-state index is 12.9. The molecule has 4 rings (SSSR count). The summed E-state index contributed by atoms with van der Waals surface area (Å²) in [5.74, 6) is 0.139. The van der Waals surface area contributed by atoms with E-state index in [1.807, 2.05) is 28.0 Å². The maximum absolute atomic E-state index is 12.9. The van der Waals surface area contributed by atoms with E-state index in [1.165, 1.54) is 5.56 Å². The van der Waals surface area contributed by atoms with Crippen LogP contribution in [0, 0.1) is 11.8 Å². The molecule has 0 bridgehead atoms. The van der Waals surface area contributed by atoms with Crippen LogP contribution in [0.4, 0.5) is 5.69 Å². The van der Waals surface area contributed by atoms with E-state index in [4.69, 9.17) is 0 Å². The van der Waals surface area contributed by atoms with Crippen LogP contribution in [0.15, 0.2) is 24.3 Å². The van der Waals surface area contributed by atoms with E-state index in [0.717, 1.165) is 57.7 Å². The van der Waals surface area contributed by atoms with Gasteiger partial charge in [-0.15, -0.1) is 0 Å². The van der Waals surface area contributed by atoms with Crippen molar-refractivity contribution in [2.45, 2.75) is 19.3 Å². The molecule has 0 aromatic heterocycles. The van der Waals surface area contributed by atoms with E-state index in [0.29, 0.717) is 0 Å². The number of amides is 2. The predicted molar refractivity (Wildman–Crippen MR) is 92.8 cm³/mol. The highest BCUT2D eigenvalue weighted by molar-refractivity contribution is 6.01. The lowest BCUT2D eigenvalue weighted by Crippen LogP contribution is -2.48. The number of likely N-dealkylation sites (N-methyl/N-ethyl adjacent to an activating group) is 1. The summed E-state index contributed by atoms with van der Waals surface area (Å²) in [7, 11) is 2.08. The first-order chi connectivity index (χ1) is 11.6. The lowest BCUT2D eigenvalue weighted by Gasteiger charge is -2.33. The number of anilines is 1. The first-order valence-electron chi connectivity index (χ1n) is 9.02. The van der Waals surface area contributed by atoms with Gasteiger partial charge in [0.05, 0.1) is 11.8 Å². The molecule has 1 aromatic rings. The lowest BCUT2D eigenvalue weighted by molar-refractivity contribution is -0.135. The van der Waals surface area contributed by atoms with Gasteiger partial charge in [0.15, 0.2) is 0 Å². The van der Waals surface area contributed by atoms with Gasteiger partial charge in [-0.1, -0.05) is 18.2 Å². The van der Waals surface area contributed by atoms with Gasteiger partial charge < -0.3 is 14.7 Å². The van der Waals surface area contributed by atoms with Gasteiger partial charge in [-0.3, -0.25) is 9.59 Å². The van der Waals surface area contributed by atoms with Crippen LogP contribution in [-0.4, -0.2) is 61.4 Å². The Labute approximate surface area is 143 Å². The molecule has 2 fully saturated rings. The summed E-state index contributed by atoms with van der Waals surface area (Å²) >= 11 is 0. The number of fused-ring (bicyclic) bond motifs is 1. The molecule has 128 valence electrons. The quantitative estimate of drug-likeness (QED) is 0.824. The molecular weight excluding hydrogens is 302 g/mol. The molecule has 2 heterocycles. The molecule has 5 heteroatoms. The summed E-state index contributed by atoms with van der Waals surface area (Å²) in [4.78, 5) is 31.7. The van der Waals surface area contributed by atoms with Crippen LogP contribution in [0.1, 0.15) is 18.4 Å². The second-order valence-electron chi connectivity index (χ2n) is 7.30. The fraction of sp³-hybridized carbons (Fsp3) is 0.579. The summed E-state index contributed by atoms with van der Waals surface area (Å²) in [5, 5.41) is 0. The number of carbonyl (C=O) groups excluding carboxylic acids is 2. The Morgan fingerprint density at radius 1 is 0.958 bits per heavy atom. The maximum Gasteiger partial charge on any atom is 0.230 e. The van der Waals surface area contributed by atoms with Crippen LogP contribution in [0.2, 0.25) is 0 Å². The zero-order valence-electron chi connectivity index (χ0n) is 14.3. The molecule has 1 aliphatic carbocycles. The van der Waals surface area contributed by atoms with Crippen molar-refractivity contribution in [3.8, 4) is 0 Å². The van der Waals surface area contributed by atoms with E-state index in [9.17, 15) is 9.59 Å².